The highest BCUT2D eigenvalue weighted by atomic mass is 16.5. The Balaban J connectivity index is 1.83. The molecule has 3 rings (SSSR count). The number of para-hydroxylation sites is 1. The highest BCUT2D eigenvalue weighted by molar-refractivity contribution is 6.01. The van der Waals surface area contributed by atoms with E-state index in [4.69, 9.17) is 4.74 Å². The molecule has 136 valence electrons. The summed E-state index contributed by atoms with van der Waals surface area (Å²) in [5.41, 5.74) is 2.60. The maximum atomic E-state index is 13.0. The first-order valence-corrected chi connectivity index (χ1v) is 8.82. The number of rotatable bonds is 5. The second-order valence-corrected chi connectivity index (χ2v) is 6.90. The van der Waals surface area contributed by atoms with Crippen LogP contribution in [0.4, 0.5) is 5.69 Å². The summed E-state index contributed by atoms with van der Waals surface area (Å²) in [4.78, 5) is 25.0. The lowest BCUT2D eigenvalue weighted by molar-refractivity contribution is -0.127. The first-order valence-electron chi connectivity index (χ1n) is 8.82. The van der Waals surface area contributed by atoms with Gasteiger partial charge < -0.3 is 15.4 Å². The van der Waals surface area contributed by atoms with Crippen LogP contribution >= 0.6 is 0 Å². The molecule has 1 aliphatic rings. The van der Waals surface area contributed by atoms with Crippen molar-refractivity contribution in [3.8, 4) is 5.75 Å². The Morgan fingerprint density at radius 1 is 1.15 bits per heavy atom. The minimum atomic E-state index is -0.473. The molecule has 0 saturated heterocycles. The van der Waals surface area contributed by atoms with Gasteiger partial charge in [-0.2, -0.15) is 0 Å². The maximum absolute atomic E-state index is 13.0. The number of amides is 2. The molecule has 2 atom stereocenters. The average molecular weight is 352 g/mol. The summed E-state index contributed by atoms with van der Waals surface area (Å²) in [6.45, 7) is 4.13. The molecule has 0 aliphatic carbocycles. The topological polar surface area (TPSA) is 67.4 Å². The van der Waals surface area contributed by atoms with Crippen LogP contribution in [0.1, 0.15) is 43.4 Å². The predicted octanol–water partition coefficient (Wildman–Crippen LogP) is 3.63. The Hall–Kier alpha value is -2.82. The van der Waals surface area contributed by atoms with Gasteiger partial charge in [0.25, 0.3) is 0 Å². The van der Waals surface area contributed by atoms with Crippen LogP contribution in [0, 0.1) is 5.92 Å². The van der Waals surface area contributed by atoms with Crippen molar-refractivity contribution in [1.29, 1.82) is 0 Å². The summed E-state index contributed by atoms with van der Waals surface area (Å²) in [7, 11) is 1.63. The van der Waals surface area contributed by atoms with Gasteiger partial charge in [-0.3, -0.25) is 9.59 Å². The Morgan fingerprint density at radius 2 is 1.85 bits per heavy atom. The van der Waals surface area contributed by atoms with E-state index >= 15 is 0 Å². The number of ether oxygens (including phenoxy) is 1. The highest BCUT2D eigenvalue weighted by Crippen LogP contribution is 2.33. The lowest BCUT2D eigenvalue weighted by atomic mass is 9.88. The summed E-state index contributed by atoms with van der Waals surface area (Å²) in [5.74, 6) is 0.260. The molecule has 0 aromatic heterocycles. The van der Waals surface area contributed by atoms with Crippen molar-refractivity contribution in [3.63, 3.8) is 0 Å². The van der Waals surface area contributed by atoms with E-state index in [0.29, 0.717) is 0 Å². The first-order chi connectivity index (χ1) is 12.5. The lowest BCUT2D eigenvalue weighted by Crippen LogP contribution is -2.38. The second-order valence-electron chi connectivity index (χ2n) is 6.90. The molecule has 0 bridgehead atoms. The van der Waals surface area contributed by atoms with Crippen LogP contribution in [0.15, 0.2) is 48.5 Å². The third-order valence-electron chi connectivity index (χ3n) is 4.76. The van der Waals surface area contributed by atoms with E-state index in [1.807, 2.05) is 48.5 Å². The molecule has 26 heavy (non-hydrogen) atoms. The number of carbonyl (C=O) groups is 2. The van der Waals surface area contributed by atoms with Crippen molar-refractivity contribution in [1.82, 2.24) is 5.32 Å². The van der Waals surface area contributed by atoms with Crippen LogP contribution in [0.3, 0.4) is 0 Å². The van der Waals surface area contributed by atoms with Gasteiger partial charge in [-0.1, -0.05) is 44.2 Å². The van der Waals surface area contributed by atoms with Crippen LogP contribution in [-0.2, 0) is 9.59 Å². The van der Waals surface area contributed by atoms with E-state index < -0.39 is 5.92 Å². The normalized spacial score (nSPS) is 17.2. The Bertz CT molecular complexity index is 799. The van der Waals surface area contributed by atoms with E-state index in [0.717, 1.165) is 22.6 Å². The smallest absolute Gasteiger partial charge is 0.228 e. The SMILES string of the molecule is COc1ccc(C(NC(=O)C2CC(=O)Nc3ccccc32)C(C)C)cc1. The number of benzene rings is 2. The van der Waals surface area contributed by atoms with Gasteiger partial charge in [0.15, 0.2) is 0 Å². The minimum Gasteiger partial charge on any atom is -0.497 e. The van der Waals surface area contributed by atoms with Crippen LogP contribution in [0.25, 0.3) is 0 Å². The molecule has 5 nitrogen and oxygen atoms in total. The molecule has 0 radical (unpaired) electrons. The van der Waals surface area contributed by atoms with E-state index in [1.54, 1.807) is 7.11 Å². The number of nitrogens with one attached hydrogen (secondary N) is 2. The second kappa shape index (κ2) is 7.60. The number of hydrogen-bond acceptors (Lipinski definition) is 3. The summed E-state index contributed by atoms with van der Waals surface area (Å²) in [6.07, 6.45) is 0.163. The molecule has 2 aromatic carbocycles. The van der Waals surface area contributed by atoms with Crippen molar-refractivity contribution >= 4 is 17.5 Å². The fourth-order valence-electron chi connectivity index (χ4n) is 3.35. The molecular weight excluding hydrogens is 328 g/mol. The molecular formula is C21H24N2O3. The van der Waals surface area contributed by atoms with Gasteiger partial charge in [-0.25, -0.2) is 0 Å². The molecule has 5 heteroatoms. The molecule has 0 spiro atoms. The average Bonchev–Trinajstić information content (AvgIpc) is 2.65. The molecule has 1 aliphatic heterocycles. The number of anilines is 1. The van der Waals surface area contributed by atoms with Crippen molar-refractivity contribution in [3.05, 3.63) is 59.7 Å². The van der Waals surface area contributed by atoms with Gasteiger partial charge >= 0.3 is 0 Å². The van der Waals surface area contributed by atoms with E-state index in [-0.39, 0.29) is 30.2 Å². The zero-order chi connectivity index (χ0) is 18.7. The summed E-state index contributed by atoms with van der Waals surface area (Å²) in [5, 5.41) is 5.97. The monoisotopic (exact) mass is 352 g/mol. The summed E-state index contributed by atoms with van der Waals surface area (Å²) >= 11 is 0. The first kappa shape index (κ1) is 18.0. The number of methoxy groups -OCH3 is 1. The third-order valence-corrected chi connectivity index (χ3v) is 4.76. The Labute approximate surface area is 153 Å². The fraction of sp³-hybridized carbons (Fsp3) is 0.333. The van der Waals surface area contributed by atoms with Crippen molar-refractivity contribution in [2.24, 2.45) is 5.92 Å². The highest BCUT2D eigenvalue weighted by Gasteiger charge is 2.32. The van der Waals surface area contributed by atoms with E-state index in [9.17, 15) is 9.59 Å². The van der Waals surface area contributed by atoms with Gasteiger partial charge in [0.2, 0.25) is 11.8 Å². The predicted molar refractivity (Wildman–Crippen MR) is 101 cm³/mol. The Morgan fingerprint density at radius 3 is 2.50 bits per heavy atom. The van der Waals surface area contributed by atoms with Gasteiger partial charge in [0.1, 0.15) is 5.75 Å². The van der Waals surface area contributed by atoms with Gasteiger partial charge in [0, 0.05) is 12.1 Å². The lowest BCUT2D eigenvalue weighted by Gasteiger charge is -2.29. The van der Waals surface area contributed by atoms with Crippen LogP contribution in [0.2, 0.25) is 0 Å². The summed E-state index contributed by atoms with van der Waals surface area (Å²) in [6, 6.07) is 15.0. The van der Waals surface area contributed by atoms with Crippen molar-refractivity contribution in [2.75, 3.05) is 12.4 Å². The molecule has 2 N–H and O–H groups in total. The Kier molecular flexibility index (Phi) is 5.26. The van der Waals surface area contributed by atoms with Gasteiger partial charge in [-0.15, -0.1) is 0 Å². The van der Waals surface area contributed by atoms with E-state index in [2.05, 4.69) is 24.5 Å². The standard InChI is InChI=1S/C21H24N2O3/c1-13(2)20(14-8-10-15(26-3)11-9-14)23-21(25)17-12-19(24)22-18-7-5-4-6-16(17)18/h4-11,13,17,20H,12H2,1-3H3,(H,22,24)(H,23,25). The zero-order valence-electron chi connectivity index (χ0n) is 15.3. The largest absolute Gasteiger partial charge is 0.497 e. The van der Waals surface area contributed by atoms with Crippen LogP contribution in [0.5, 0.6) is 5.75 Å². The van der Waals surface area contributed by atoms with Gasteiger partial charge in [-0.05, 0) is 35.2 Å². The third kappa shape index (κ3) is 3.72. The van der Waals surface area contributed by atoms with Crippen molar-refractivity contribution in [2.45, 2.75) is 32.2 Å². The fourth-order valence-corrected chi connectivity index (χ4v) is 3.35. The quantitative estimate of drug-likeness (QED) is 0.863. The molecule has 2 unspecified atom stereocenters. The maximum Gasteiger partial charge on any atom is 0.228 e. The number of carbonyl (C=O) groups excluding carboxylic acids is 2. The molecule has 1 heterocycles. The van der Waals surface area contributed by atoms with E-state index in [1.165, 1.54) is 0 Å². The van der Waals surface area contributed by atoms with Crippen molar-refractivity contribution < 1.29 is 14.3 Å². The van der Waals surface area contributed by atoms with Gasteiger partial charge in [0.05, 0.1) is 19.1 Å². The molecule has 2 amide bonds. The molecule has 2 aromatic rings. The number of hydrogen-bond donors (Lipinski definition) is 2. The minimum absolute atomic E-state index is 0.123. The number of fused-ring (bicyclic) bond motifs is 1. The molecule has 0 fully saturated rings. The summed E-state index contributed by atoms with van der Waals surface area (Å²) < 4.78 is 5.20. The van der Waals surface area contributed by atoms with Crippen LogP contribution < -0.4 is 15.4 Å². The zero-order valence-corrected chi connectivity index (χ0v) is 15.3. The molecule has 0 saturated carbocycles. The van der Waals surface area contributed by atoms with Crippen LogP contribution in [-0.4, -0.2) is 18.9 Å².